The number of rotatable bonds is 2. The van der Waals surface area contributed by atoms with Gasteiger partial charge in [-0.3, -0.25) is 4.79 Å². The van der Waals surface area contributed by atoms with Gasteiger partial charge in [0.15, 0.2) is 0 Å². The van der Waals surface area contributed by atoms with Gasteiger partial charge in [-0.25, -0.2) is 4.79 Å². The van der Waals surface area contributed by atoms with Crippen LogP contribution < -0.4 is 5.43 Å². The number of carbonyl (C=O) groups is 1. The third kappa shape index (κ3) is 2.21. The molecule has 0 spiro atoms. The summed E-state index contributed by atoms with van der Waals surface area (Å²) in [5, 5.41) is 9.33. The topological polar surface area (TPSA) is 70.2 Å². The van der Waals surface area contributed by atoms with Gasteiger partial charge in [-0.1, -0.05) is 23.7 Å². The summed E-state index contributed by atoms with van der Waals surface area (Å²) in [6.45, 7) is 0. The van der Waals surface area contributed by atoms with Crippen molar-refractivity contribution in [2.75, 3.05) is 0 Å². The fraction of sp³-hybridized carbons (Fsp3) is 0. The molecule has 4 nitrogen and oxygen atoms in total. The molecule has 0 aliphatic carbocycles. The number of benzene rings is 1. The van der Waals surface area contributed by atoms with E-state index in [9.17, 15) is 9.59 Å². The molecule has 2 rings (SSSR count). The number of hydrogen-bond donors (Lipinski definition) is 2. The standard InChI is InChI=1S/C12H8ClNO3/c13-8-3-1-2-7(4-8)9-5-14-6-10(11(9)15)12(16)17/h1-6H,(H,14,15)(H,16,17). The van der Waals surface area contributed by atoms with E-state index in [1.54, 1.807) is 24.3 Å². The van der Waals surface area contributed by atoms with Gasteiger partial charge in [0, 0.05) is 23.0 Å². The average Bonchev–Trinajstić information content (AvgIpc) is 2.29. The highest BCUT2D eigenvalue weighted by Gasteiger charge is 2.12. The molecule has 0 aliphatic heterocycles. The summed E-state index contributed by atoms with van der Waals surface area (Å²) in [4.78, 5) is 25.4. The number of halogens is 1. The second-order valence-corrected chi connectivity index (χ2v) is 3.86. The number of H-pyrrole nitrogens is 1. The van der Waals surface area contributed by atoms with Crippen LogP contribution in [0, 0.1) is 0 Å². The molecule has 0 amide bonds. The first-order valence-corrected chi connectivity index (χ1v) is 5.17. The Bertz CT molecular complexity index is 634. The molecule has 2 N–H and O–H groups in total. The van der Waals surface area contributed by atoms with Gasteiger partial charge in [-0.2, -0.15) is 0 Å². The van der Waals surface area contributed by atoms with E-state index in [2.05, 4.69) is 4.98 Å². The minimum Gasteiger partial charge on any atom is -0.477 e. The second kappa shape index (κ2) is 4.43. The Labute approximate surface area is 101 Å². The van der Waals surface area contributed by atoms with Gasteiger partial charge in [0.1, 0.15) is 5.56 Å². The molecule has 0 aliphatic rings. The van der Waals surface area contributed by atoms with Crippen LogP contribution >= 0.6 is 11.6 Å². The Morgan fingerprint density at radius 1 is 1.29 bits per heavy atom. The van der Waals surface area contributed by atoms with Crippen LogP contribution in [0.3, 0.4) is 0 Å². The lowest BCUT2D eigenvalue weighted by atomic mass is 10.1. The summed E-state index contributed by atoms with van der Waals surface area (Å²) in [5.74, 6) is -1.25. The van der Waals surface area contributed by atoms with Gasteiger partial charge in [-0.15, -0.1) is 0 Å². The first-order valence-electron chi connectivity index (χ1n) is 4.80. The quantitative estimate of drug-likeness (QED) is 0.859. The van der Waals surface area contributed by atoms with E-state index in [0.29, 0.717) is 10.6 Å². The van der Waals surface area contributed by atoms with Crippen LogP contribution in [0.4, 0.5) is 0 Å². The van der Waals surface area contributed by atoms with Crippen molar-refractivity contribution in [1.82, 2.24) is 4.98 Å². The summed E-state index contributed by atoms with van der Waals surface area (Å²) >= 11 is 5.82. The van der Waals surface area contributed by atoms with Crippen LogP contribution in [-0.2, 0) is 0 Å². The highest BCUT2D eigenvalue weighted by molar-refractivity contribution is 6.30. The fourth-order valence-electron chi connectivity index (χ4n) is 1.51. The molecule has 2 aromatic rings. The van der Waals surface area contributed by atoms with Crippen molar-refractivity contribution in [3.63, 3.8) is 0 Å². The molecule has 0 fully saturated rings. The molecule has 0 bridgehead atoms. The van der Waals surface area contributed by atoms with Crippen LogP contribution in [0.25, 0.3) is 11.1 Å². The van der Waals surface area contributed by atoms with E-state index < -0.39 is 11.4 Å². The molecule has 1 aromatic carbocycles. The lowest BCUT2D eigenvalue weighted by Crippen LogP contribution is -2.16. The van der Waals surface area contributed by atoms with E-state index >= 15 is 0 Å². The van der Waals surface area contributed by atoms with Crippen molar-refractivity contribution in [2.45, 2.75) is 0 Å². The number of pyridine rings is 1. The second-order valence-electron chi connectivity index (χ2n) is 3.43. The van der Waals surface area contributed by atoms with Crippen molar-refractivity contribution >= 4 is 17.6 Å². The summed E-state index contributed by atoms with van der Waals surface area (Å²) in [5.41, 5.74) is 0.0512. The Morgan fingerprint density at radius 2 is 2.06 bits per heavy atom. The summed E-state index contributed by atoms with van der Waals surface area (Å²) in [7, 11) is 0. The molecule has 0 saturated heterocycles. The number of hydrogen-bond acceptors (Lipinski definition) is 2. The molecule has 86 valence electrons. The van der Waals surface area contributed by atoms with Crippen LogP contribution in [0.2, 0.25) is 5.02 Å². The van der Waals surface area contributed by atoms with Crippen LogP contribution in [0.15, 0.2) is 41.5 Å². The van der Waals surface area contributed by atoms with Gasteiger partial charge >= 0.3 is 5.97 Å². The van der Waals surface area contributed by atoms with Crippen molar-refractivity contribution in [2.24, 2.45) is 0 Å². The van der Waals surface area contributed by atoms with E-state index in [1.165, 1.54) is 12.4 Å². The lowest BCUT2D eigenvalue weighted by Gasteiger charge is -2.02. The highest BCUT2D eigenvalue weighted by atomic mass is 35.5. The molecule has 5 heteroatoms. The van der Waals surface area contributed by atoms with Gasteiger partial charge in [0.25, 0.3) is 0 Å². The van der Waals surface area contributed by atoms with Crippen molar-refractivity contribution in [3.8, 4) is 11.1 Å². The largest absolute Gasteiger partial charge is 0.477 e. The predicted octanol–water partition coefficient (Wildman–Crippen LogP) is 2.39. The molecule has 0 atom stereocenters. The summed E-state index contributed by atoms with van der Waals surface area (Å²) in [6, 6.07) is 6.69. The zero-order valence-corrected chi connectivity index (χ0v) is 9.36. The monoisotopic (exact) mass is 249 g/mol. The average molecular weight is 250 g/mol. The number of aromatic nitrogens is 1. The molecule has 0 saturated carbocycles. The van der Waals surface area contributed by atoms with Crippen molar-refractivity contribution in [3.05, 3.63) is 57.5 Å². The van der Waals surface area contributed by atoms with Gasteiger partial charge in [0.05, 0.1) is 0 Å². The van der Waals surface area contributed by atoms with E-state index in [4.69, 9.17) is 16.7 Å². The Morgan fingerprint density at radius 3 is 2.71 bits per heavy atom. The molecule has 0 unspecified atom stereocenters. The van der Waals surface area contributed by atoms with E-state index in [1.807, 2.05) is 0 Å². The summed E-state index contributed by atoms with van der Waals surface area (Å²) < 4.78 is 0. The van der Waals surface area contributed by atoms with Crippen LogP contribution in [0.1, 0.15) is 10.4 Å². The minimum atomic E-state index is -1.25. The van der Waals surface area contributed by atoms with Gasteiger partial charge in [-0.05, 0) is 17.7 Å². The molecular weight excluding hydrogens is 242 g/mol. The van der Waals surface area contributed by atoms with Crippen LogP contribution in [-0.4, -0.2) is 16.1 Å². The number of carboxylic acids is 1. The third-order valence-corrected chi connectivity index (χ3v) is 2.55. The SMILES string of the molecule is O=C(O)c1c[nH]cc(-c2cccc(Cl)c2)c1=O. The smallest absolute Gasteiger partial charge is 0.341 e. The maximum absolute atomic E-state index is 11.9. The number of aromatic carboxylic acids is 1. The zero-order chi connectivity index (χ0) is 12.4. The fourth-order valence-corrected chi connectivity index (χ4v) is 1.70. The van der Waals surface area contributed by atoms with Crippen molar-refractivity contribution in [1.29, 1.82) is 0 Å². The molecule has 1 aromatic heterocycles. The maximum atomic E-state index is 11.9. The van der Waals surface area contributed by atoms with Gasteiger partial charge < -0.3 is 10.1 Å². The maximum Gasteiger partial charge on any atom is 0.341 e. The zero-order valence-electron chi connectivity index (χ0n) is 8.61. The van der Waals surface area contributed by atoms with Crippen molar-refractivity contribution < 1.29 is 9.90 Å². The molecule has 0 radical (unpaired) electrons. The Kier molecular flexibility index (Phi) is 2.97. The first kappa shape index (κ1) is 11.4. The number of nitrogens with one attached hydrogen (secondary N) is 1. The number of aromatic amines is 1. The third-order valence-electron chi connectivity index (χ3n) is 2.31. The Hall–Kier alpha value is -2.07. The Balaban J connectivity index is 2.65. The predicted molar refractivity (Wildman–Crippen MR) is 64.5 cm³/mol. The summed E-state index contributed by atoms with van der Waals surface area (Å²) in [6.07, 6.45) is 2.62. The van der Waals surface area contributed by atoms with Gasteiger partial charge in [0.2, 0.25) is 5.43 Å². The first-order chi connectivity index (χ1) is 8.09. The molecular formula is C12H8ClNO3. The lowest BCUT2D eigenvalue weighted by molar-refractivity contribution is 0.0695. The highest BCUT2D eigenvalue weighted by Crippen LogP contribution is 2.19. The minimum absolute atomic E-state index is 0.285. The number of carboxylic acid groups (broad SMARTS) is 1. The van der Waals surface area contributed by atoms with Crippen LogP contribution in [0.5, 0.6) is 0 Å². The normalized spacial score (nSPS) is 10.2. The van der Waals surface area contributed by atoms with E-state index in [-0.39, 0.29) is 11.1 Å². The van der Waals surface area contributed by atoms with E-state index in [0.717, 1.165) is 0 Å². The molecule has 17 heavy (non-hydrogen) atoms. The molecule has 1 heterocycles.